The van der Waals surface area contributed by atoms with Gasteiger partial charge in [-0.2, -0.15) is 0 Å². The first-order valence-corrected chi connectivity index (χ1v) is 9.21. The van der Waals surface area contributed by atoms with Crippen LogP contribution in [0.4, 0.5) is 10.5 Å². The highest BCUT2D eigenvalue weighted by Crippen LogP contribution is 2.29. The number of nitrogens with one attached hydrogen (secondary N) is 2. The van der Waals surface area contributed by atoms with Crippen LogP contribution in [-0.2, 0) is 6.54 Å². The number of hydrogen-bond donors (Lipinski definition) is 2. The Balaban J connectivity index is 1.64. The minimum Gasteiger partial charge on any atom is -0.481 e. The number of benzene rings is 1. The quantitative estimate of drug-likeness (QED) is 0.678. The molecule has 0 saturated heterocycles. The van der Waals surface area contributed by atoms with E-state index in [1.165, 1.54) is 0 Å². The molecule has 1 aromatic carbocycles. The monoisotopic (exact) mass is 360 g/mol. The number of pyridine rings is 1. The van der Waals surface area contributed by atoms with Crippen LogP contribution in [0.1, 0.15) is 5.56 Å². The SMILES string of the molecule is COc1ncccc1CNC(=O)Nc1ccc2nc(SC)sc2c1. The summed E-state index contributed by atoms with van der Waals surface area (Å²) in [5, 5.41) is 5.63. The van der Waals surface area contributed by atoms with Gasteiger partial charge < -0.3 is 15.4 Å². The molecule has 3 rings (SSSR count). The highest BCUT2D eigenvalue weighted by atomic mass is 32.2. The van der Waals surface area contributed by atoms with E-state index < -0.39 is 0 Å². The number of hydrogen-bond acceptors (Lipinski definition) is 6. The number of ether oxygens (including phenoxy) is 1. The lowest BCUT2D eigenvalue weighted by Gasteiger charge is -2.09. The number of carbonyl (C=O) groups is 1. The summed E-state index contributed by atoms with van der Waals surface area (Å²) in [4.78, 5) is 20.7. The lowest BCUT2D eigenvalue weighted by molar-refractivity contribution is 0.251. The van der Waals surface area contributed by atoms with E-state index in [1.807, 2.05) is 30.5 Å². The van der Waals surface area contributed by atoms with Gasteiger partial charge in [0.25, 0.3) is 0 Å². The van der Waals surface area contributed by atoms with Crippen molar-refractivity contribution in [3.8, 4) is 5.88 Å². The standard InChI is InChI=1S/C16H16N4O2S2/c1-22-14-10(4-3-7-17-14)9-18-15(21)19-11-5-6-12-13(8-11)24-16(20-12)23-2/h3-8H,9H2,1-2H3,(H2,18,19,21). The van der Waals surface area contributed by atoms with E-state index in [0.29, 0.717) is 12.4 Å². The van der Waals surface area contributed by atoms with Gasteiger partial charge >= 0.3 is 6.03 Å². The number of carbonyl (C=O) groups excluding carboxylic acids is 1. The Hall–Kier alpha value is -2.32. The molecule has 3 aromatic rings. The zero-order chi connectivity index (χ0) is 16.9. The second-order valence-electron chi connectivity index (χ2n) is 4.85. The number of anilines is 1. The third kappa shape index (κ3) is 3.77. The van der Waals surface area contributed by atoms with Gasteiger partial charge in [-0.05, 0) is 30.5 Å². The Morgan fingerprint density at radius 3 is 3.04 bits per heavy atom. The molecule has 0 unspecified atom stereocenters. The second-order valence-corrected chi connectivity index (χ2v) is 6.93. The van der Waals surface area contributed by atoms with Gasteiger partial charge in [-0.1, -0.05) is 17.8 Å². The molecular formula is C16H16N4O2S2. The van der Waals surface area contributed by atoms with Crippen molar-refractivity contribution in [1.29, 1.82) is 0 Å². The molecule has 0 atom stereocenters. The molecule has 0 bridgehead atoms. The number of nitrogens with zero attached hydrogens (tertiary/aromatic N) is 2. The van der Waals surface area contributed by atoms with Crippen molar-refractivity contribution in [3.05, 3.63) is 42.1 Å². The lowest BCUT2D eigenvalue weighted by atomic mass is 10.2. The Kier molecular flexibility index (Phi) is 5.17. The smallest absolute Gasteiger partial charge is 0.319 e. The number of fused-ring (bicyclic) bond motifs is 1. The van der Waals surface area contributed by atoms with Crippen LogP contribution in [0.25, 0.3) is 10.2 Å². The van der Waals surface area contributed by atoms with Gasteiger partial charge in [0.05, 0.1) is 17.3 Å². The van der Waals surface area contributed by atoms with Crippen molar-refractivity contribution in [2.75, 3.05) is 18.7 Å². The first-order valence-electron chi connectivity index (χ1n) is 7.17. The van der Waals surface area contributed by atoms with Gasteiger partial charge in [0.2, 0.25) is 5.88 Å². The van der Waals surface area contributed by atoms with Crippen molar-refractivity contribution < 1.29 is 9.53 Å². The van der Waals surface area contributed by atoms with Crippen LogP contribution in [0.5, 0.6) is 5.88 Å². The first kappa shape index (κ1) is 16.5. The maximum absolute atomic E-state index is 12.1. The van der Waals surface area contributed by atoms with E-state index >= 15 is 0 Å². The van der Waals surface area contributed by atoms with Crippen LogP contribution in [0.2, 0.25) is 0 Å². The number of thioether (sulfide) groups is 1. The zero-order valence-corrected chi connectivity index (χ0v) is 14.8. The largest absolute Gasteiger partial charge is 0.481 e. The summed E-state index contributed by atoms with van der Waals surface area (Å²) < 4.78 is 7.22. The summed E-state index contributed by atoms with van der Waals surface area (Å²) in [6, 6.07) is 9.06. The van der Waals surface area contributed by atoms with Crippen molar-refractivity contribution in [3.63, 3.8) is 0 Å². The average molecular weight is 360 g/mol. The summed E-state index contributed by atoms with van der Waals surface area (Å²) in [5.74, 6) is 0.508. The van der Waals surface area contributed by atoms with Crippen LogP contribution < -0.4 is 15.4 Å². The minimum absolute atomic E-state index is 0.283. The molecular weight excluding hydrogens is 344 g/mol. The number of rotatable bonds is 5. The number of amides is 2. The van der Waals surface area contributed by atoms with Crippen LogP contribution in [0, 0.1) is 0 Å². The van der Waals surface area contributed by atoms with E-state index in [-0.39, 0.29) is 6.03 Å². The van der Waals surface area contributed by atoms with Gasteiger partial charge in [-0.25, -0.2) is 14.8 Å². The van der Waals surface area contributed by atoms with E-state index in [9.17, 15) is 4.79 Å². The summed E-state index contributed by atoms with van der Waals surface area (Å²) in [5.41, 5.74) is 2.49. The molecule has 124 valence electrons. The molecule has 0 fully saturated rings. The van der Waals surface area contributed by atoms with Crippen molar-refractivity contribution in [2.45, 2.75) is 10.9 Å². The van der Waals surface area contributed by atoms with E-state index in [4.69, 9.17) is 4.74 Å². The Bertz CT molecular complexity index is 866. The molecule has 8 heteroatoms. The van der Waals surface area contributed by atoms with Gasteiger partial charge in [-0.15, -0.1) is 11.3 Å². The summed E-state index contributed by atoms with van der Waals surface area (Å²) >= 11 is 3.22. The fourth-order valence-corrected chi connectivity index (χ4v) is 3.69. The highest BCUT2D eigenvalue weighted by Gasteiger charge is 2.08. The summed E-state index contributed by atoms with van der Waals surface area (Å²) in [7, 11) is 1.55. The van der Waals surface area contributed by atoms with Crippen LogP contribution >= 0.6 is 23.1 Å². The fraction of sp³-hybridized carbons (Fsp3) is 0.188. The molecule has 0 radical (unpaired) electrons. The maximum atomic E-state index is 12.1. The molecule has 0 aliphatic carbocycles. The Labute approximate surface area is 147 Å². The molecule has 2 amide bonds. The van der Waals surface area contributed by atoms with Gasteiger partial charge in [0, 0.05) is 24.0 Å². The number of thiazole rings is 1. The van der Waals surface area contributed by atoms with Gasteiger partial charge in [0.15, 0.2) is 4.34 Å². The maximum Gasteiger partial charge on any atom is 0.319 e. The third-order valence-electron chi connectivity index (χ3n) is 3.28. The summed E-state index contributed by atoms with van der Waals surface area (Å²) in [6.07, 6.45) is 3.65. The fourth-order valence-electron chi connectivity index (χ4n) is 2.16. The van der Waals surface area contributed by atoms with Crippen LogP contribution in [-0.4, -0.2) is 29.4 Å². The Morgan fingerprint density at radius 2 is 2.25 bits per heavy atom. The molecule has 0 spiro atoms. The molecule has 0 saturated carbocycles. The van der Waals surface area contributed by atoms with E-state index in [1.54, 1.807) is 42.5 Å². The highest BCUT2D eigenvalue weighted by molar-refractivity contribution is 8.00. The third-order valence-corrected chi connectivity index (χ3v) is 5.29. The van der Waals surface area contributed by atoms with E-state index in [0.717, 1.165) is 25.8 Å². The molecule has 0 aliphatic heterocycles. The molecule has 2 N–H and O–H groups in total. The lowest BCUT2D eigenvalue weighted by Crippen LogP contribution is -2.28. The molecule has 2 heterocycles. The van der Waals surface area contributed by atoms with Crippen molar-refractivity contribution in [2.24, 2.45) is 0 Å². The number of methoxy groups -OCH3 is 1. The first-order chi connectivity index (χ1) is 11.7. The number of aromatic nitrogens is 2. The van der Waals surface area contributed by atoms with Gasteiger partial charge in [-0.3, -0.25) is 0 Å². The van der Waals surface area contributed by atoms with Crippen molar-refractivity contribution in [1.82, 2.24) is 15.3 Å². The molecule has 6 nitrogen and oxygen atoms in total. The average Bonchev–Trinajstić information content (AvgIpc) is 3.02. The van der Waals surface area contributed by atoms with Crippen LogP contribution in [0.15, 0.2) is 40.9 Å². The Morgan fingerprint density at radius 1 is 1.38 bits per heavy atom. The summed E-state index contributed by atoms with van der Waals surface area (Å²) in [6.45, 7) is 0.336. The molecule has 2 aromatic heterocycles. The van der Waals surface area contributed by atoms with Gasteiger partial charge in [0.1, 0.15) is 0 Å². The zero-order valence-electron chi connectivity index (χ0n) is 13.2. The normalized spacial score (nSPS) is 10.6. The second kappa shape index (κ2) is 7.50. The topological polar surface area (TPSA) is 76.1 Å². The molecule has 0 aliphatic rings. The predicted molar refractivity (Wildman–Crippen MR) is 98.0 cm³/mol. The predicted octanol–water partition coefficient (Wildman–Crippen LogP) is 3.74. The minimum atomic E-state index is -0.283. The van der Waals surface area contributed by atoms with Crippen molar-refractivity contribution >= 4 is 45.0 Å². The number of urea groups is 1. The van der Waals surface area contributed by atoms with Crippen LogP contribution in [0.3, 0.4) is 0 Å². The van der Waals surface area contributed by atoms with E-state index in [2.05, 4.69) is 20.6 Å². The molecule has 24 heavy (non-hydrogen) atoms.